The summed E-state index contributed by atoms with van der Waals surface area (Å²) in [5.74, 6) is -0.0514. The molecule has 1 aliphatic rings. The molecule has 0 aliphatic carbocycles. The molecule has 0 N–H and O–H groups in total. The van der Waals surface area contributed by atoms with Gasteiger partial charge in [-0.25, -0.2) is 4.99 Å². The molecule has 1 heterocycles. The Balaban J connectivity index is 1.91. The van der Waals surface area contributed by atoms with Crippen molar-refractivity contribution < 1.29 is 9.53 Å². The Kier molecular flexibility index (Phi) is 6.93. The van der Waals surface area contributed by atoms with Gasteiger partial charge in [-0.2, -0.15) is 0 Å². The number of hydrogen-bond acceptors (Lipinski definition) is 5. The maximum absolute atomic E-state index is 13.0. The lowest BCUT2D eigenvalue weighted by molar-refractivity contribution is -0.122. The van der Waals surface area contributed by atoms with Crippen molar-refractivity contribution in [2.24, 2.45) is 4.99 Å². The minimum Gasteiger partial charge on any atom is -0.383 e. The van der Waals surface area contributed by atoms with Gasteiger partial charge < -0.3 is 9.64 Å². The predicted molar refractivity (Wildman–Crippen MR) is 121 cm³/mol. The zero-order valence-corrected chi connectivity index (χ0v) is 18.5. The van der Waals surface area contributed by atoms with Crippen molar-refractivity contribution in [3.8, 4) is 0 Å². The predicted octanol–water partition coefficient (Wildman–Crippen LogP) is 4.77. The van der Waals surface area contributed by atoms with E-state index in [2.05, 4.69) is 20.9 Å². The van der Waals surface area contributed by atoms with Crippen molar-refractivity contribution in [3.63, 3.8) is 0 Å². The van der Waals surface area contributed by atoms with Crippen LogP contribution in [0.3, 0.4) is 0 Å². The van der Waals surface area contributed by atoms with Gasteiger partial charge in [0.25, 0.3) is 5.91 Å². The van der Waals surface area contributed by atoms with Crippen LogP contribution in [0.25, 0.3) is 6.08 Å². The summed E-state index contributed by atoms with van der Waals surface area (Å²) in [5.41, 5.74) is 2.86. The molecule has 2 aromatic rings. The molecule has 1 fully saturated rings. The fraction of sp³-hybridized carbons (Fsp3) is 0.238. The second kappa shape index (κ2) is 9.41. The number of aliphatic imine (C=N–C) groups is 1. The van der Waals surface area contributed by atoms with Gasteiger partial charge in [0.05, 0.1) is 29.4 Å². The lowest BCUT2D eigenvalue weighted by atomic mass is 10.2. The number of methoxy groups -OCH3 is 1. The molecule has 0 unspecified atom stereocenters. The molecule has 1 amide bonds. The molecular weight excluding hydrogens is 438 g/mol. The highest BCUT2D eigenvalue weighted by atomic mass is 79.9. The minimum atomic E-state index is -0.0514. The highest BCUT2D eigenvalue weighted by Gasteiger charge is 2.33. The summed E-state index contributed by atoms with van der Waals surface area (Å²) < 4.78 is 6.15. The SMILES string of the molecule is COCCN1C(=O)/C(=C/c2ccc(N(C)C)c(Br)c2)SC1=Nc1ccccc1. The first-order valence-electron chi connectivity index (χ1n) is 8.80. The Morgan fingerprint density at radius 3 is 2.61 bits per heavy atom. The third-order valence-electron chi connectivity index (χ3n) is 4.14. The molecule has 7 heteroatoms. The van der Waals surface area contributed by atoms with Gasteiger partial charge in [-0.15, -0.1) is 0 Å². The first kappa shape index (κ1) is 20.6. The van der Waals surface area contributed by atoms with E-state index in [0.717, 1.165) is 21.4 Å². The fourth-order valence-electron chi connectivity index (χ4n) is 2.71. The standard InChI is InChI=1S/C21H22BrN3O2S/c1-24(2)18-10-9-15(13-17(18)22)14-19-20(26)25(11-12-27-3)21(28-19)23-16-7-5-4-6-8-16/h4-10,13-14H,11-12H2,1-3H3/b19-14-,23-21?. The number of halogens is 1. The minimum absolute atomic E-state index is 0.0514. The lowest BCUT2D eigenvalue weighted by Crippen LogP contribution is -2.32. The normalized spacial score (nSPS) is 17.0. The van der Waals surface area contributed by atoms with Crippen LogP contribution >= 0.6 is 27.7 Å². The number of carbonyl (C=O) groups excluding carboxylic acids is 1. The van der Waals surface area contributed by atoms with Gasteiger partial charge in [0, 0.05) is 25.7 Å². The molecule has 0 spiro atoms. The third kappa shape index (κ3) is 4.84. The van der Waals surface area contributed by atoms with Crippen molar-refractivity contribution in [1.29, 1.82) is 0 Å². The number of ether oxygens (including phenoxy) is 1. The van der Waals surface area contributed by atoms with Gasteiger partial charge in [0.2, 0.25) is 0 Å². The Bertz CT molecular complexity index is 913. The fourth-order valence-corrected chi connectivity index (χ4v) is 4.49. The third-order valence-corrected chi connectivity index (χ3v) is 5.78. The quantitative estimate of drug-likeness (QED) is 0.583. The molecule has 2 aromatic carbocycles. The van der Waals surface area contributed by atoms with E-state index in [1.54, 1.807) is 12.0 Å². The van der Waals surface area contributed by atoms with Crippen molar-refractivity contribution in [2.45, 2.75) is 0 Å². The van der Waals surface area contributed by atoms with Crippen LogP contribution < -0.4 is 4.90 Å². The lowest BCUT2D eigenvalue weighted by Gasteiger charge is -2.15. The van der Waals surface area contributed by atoms with Crippen molar-refractivity contribution in [3.05, 3.63) is 63.5 Å². The maximum Gasteiger partial charge on any atom is 0.266 e. The van der Waals surface area contributed by atoms with Crippen LogP contribution in [-0.2, 0) is 9.53 Å². The van der Waals surface area contributed by atoms with E-state index in [-0.39, 0.29) is 5.91 Å². The number of benzene rings is 2. The largest absolute Gasteiger partial charge is 0.383 e. The number of nitrogens with zero attached hydrogens (tertiary/aromatic N) is 3. The molecule has 5 nitrogen and oxygen atoms in total. The summed E-state index contributed by atoms with van der Waals surface area (Å²) in [5, 5.41) is 0.670. The van der Waals surface area contributed by atoms with Crippen molar-refractivity contribution in [1.82, 2.24) is 4.90 Å². The van der Waals surface area contributed by atoms with Gasteiger partial charge in [-0.1, -0.05) is 24.3 Å². The van der Waals surface area contributed by atoms with Crippen LogP contribution in [0, 0.1) is 0 Å². The maximum atomic E-state index is 13.0. The van der Waals surface area contributed by atoms with Crippen molar-refractivity contribution in [2.75, 3.05) is 39.3 Å². The molecule has 0 saturated carbocycles. The smallest absolute Gasteiger partial charge is 0.266 e. The summed E-state index contributed by atoms with van der Waals surface area (Å²) in [7, 11) is 5.62. The molecule has 0 bridgehead atoms. The van der Waals surface area contributed by atoms with Gasteiger partial charge in [0.15, 0.2) is 5.17 Å². The van der Waals surface area contributed by atoms with Crippen LogP contribution in [0.2, 0.25) is 0 Å². The zero-order chi connectivity index (χ0) is 20.1. The van der Waals surface area contributed by atoms with Crippen LogP contribution in [0.5, 0.6) is 0 Å². The molecule has 0 aromatic heterocycles. The molecule has 1 aliphatic heterocycles. The van der Waals surface area contributed by atoms with Gasteiger partial charge in [-0.3, -0.25) is 9.69 Å². The van der Waals surface area contributed by atoms with Gasteiger partial charge in [0.1, 0.15) is 0 Å². The van der Waals surface area contributed by atoms with E-state index in [1.165, 1.54) is 11.8 Å². The van der Waals surface area contributed by atoms with Crippen molar-refractivity contribution >= 4 is 56.2 Å². The molecular formula is C21H22BrN3O2S. The number of anilines is 1. The number of rotatable bonds is 6. The van der Waals surface area contributed by atoms with Crippen LogP contribution in [0.4, 0.5) is 11.4 Å². The van der Waals surface area contributed by atoms with E-state index >= 15 is 0 Å². The Labute approximate surface area is 178 Å². The average Bonchev–Trinajstić information content (AvgIpc) is 2.95. The number of amidine groups is 1. The number of hydrogen-bond donors (Lipinski definition) is 0. The van der Waals surface area contributed by atoms with E-state index < -0.39 is 0 Å². The number of carbonyl (C=O) groups is 1. The highest BCUT2D eigenvalue weighted by Crippen LogP contribution is 2.35. The number of para-hydroxylation sites is 1. The Morgan fingerprint density at radius 2 is 1.96 bits per heavy atom. The molecule has 146 valence electrons. The topological polar surface area (TPSA) is 45.1 Å². The van der Waals surface area contributed by atoms with Gasteiger partial charge >= 0.3 is 0 Å². The van der Waals surface area contributed by atoms with Gasteiger partial charge in [-0.05, 0) is 63.6 Å². The summed E-state index contributed by atoms with van der Waals surface area (Å²) in [6.45, 7) is 0.922. The second-order valence-corrected chi connectivity index (χ2v) is 8.26. The molecule has 0 atom stereocenters. The van der Waals surface area contributed by atoms with E-state index in [1.807, 2.05) is 73.6 Å². The summed E-state index contributed by atoms with van der Waals surface area (Å²) in [6, 6.07) is 15.7. The number of amides is 1. The monoisotopic (exact) mass is 459 g/mol. The Morgan fingerprint density at radius 1 is 1.21 bits per heavy atom. The summed E-state index contributed by atoms with van der Waals surface area (Å²) >= 11 is 4.99. The summed E-state index contributed by atoms with van der Waals surface area (Å²) in [6.07, 6.45) is 1.91. The zero-order valence-electron chi connectivity index (χ0n) is 16.1. The Hall–Kier alpha value is -2.09. The average molecular weight is 460 g/mol. The molecule has 1 saturated heterocycles. The molecule has 28 heavy (non-hydrogen) atoms. The number of thioether (sulfide) groups is 1. The van der Waals surface area contributed by atoms with E-state index in [4.69, 9.17) is 4.74 Å². The van der Waals surface area contributed by atoms with Crippen LogP contribution in [-0.4, -0.2) is 50.3 Å². The first-order chi connectivity index (χ1) is 13.5. The molecule has 0 radical (unpaired) electrons. The highest BCUT2D eigenvalue weighted by molar-refractivity contribution is 9.10. The molecule has 3 rings (SSSR count). The first-order valence-corrected chi connectivity index (χ1v) is 10.4. The second-order valence-electron chi connectivity index (χ2n) is 6.40. The van der Waals surface area contributed by atoms with E-state index in [0.29, 0.717) is 23.2 Å². The summed E-state index contributed by atoms with van der Waals surface area (Å²) in [4.78, 5) is 22.0. The van der Waals surface area contributed by atoms with Crippen LogP contribution in [0.15, 0.2) is 62.9 Å². The van der Waals surface area contributed by atoms with E-state index in [9.17, 15) is 4.79 Å². The van der Waals surface area contributed by atoms with Crippen LogP contribution in [0.1, 0.15) is 5.56 Å².